The van der Waals surface area contributed by atoms with Crippen LogP contribution in [0.2, 0.25) is 0 Å². The maximum absolute atomic E-state index is 12.3. The van der Waals surface area contributed by atoms with E-state index in [1.165, 1.54) is 0 Å². The number of carbonyl (C=O) groups excluding carboxylic acids is 1. The lowest BCUT2D eigenvalue weighted by atomic mass is 9.97. The number of anilines is 1. The molecule has 0 aliphatic heterocycles. The summed E-state index contributed by atoms with van der Waals surface area (Å²) in [5.41, 5.74) is 1.68. The lowest BCUT2D eigenvalue weighted by molar-refractivity contribution is 0.0939. The molecule has 1 aromatic heterocycles. The predicted molar refractivity (Wildman–Crippen MR) is 84.3 cm³/mol. The zero-order chi connectivity index (χ0) is 15.3. The quantitative estimate of drug-likeness (QED) is 0.867. The van der Waals surface area contributed by atoms with Crippen molar-refractivity contribution in [1.82, 2.24) is 10.3 Å². The van der Waals surface area contributed by atoms with E-state index in [1.807, 2.05) is 19.1 Å². The summed E-state index contributed by atoms with van der Waals surface area (Å²) in [6.07, 6.45) is 0. The normalized spacial score (nSPS) is 11.6. The van der Waals surface area contributed by atoms with Crippen LogP contribution >= 0.6 is 0 Å². The van der Waals surface area contributed by atoms with E-state index in [1.54, 1.807) is 0 Å². The topological polar surface area (TPSA) is 54.0 Å². The van der Waals surface area contributed by atoms with E-state index in [2.05, 4.69) is 50.2 Å². The minimum absolute atomic E-state index is 0.0385. The monoisotopic (exact) mass is 277 g/mol. The molecule has 1 heterocycles. The van der Waals surface area contributed by atoms with Crippen LogP contribution < -0.4 is 10.6 Å². The van der Waals surface area contributed by atoms with Gasteiger partial charge in [-0.1, -0.05) is 34.6 Å². The Hall–Kier alpha value is -1.58. The highest BCUT2D eigenvalue weighted by Gasteiger charge is 2.15. The van der Waals surface area contributed by atoms with Gasteiger partial charge in [-0.05, 0) is 30.4 Å². The Morgan fingerprint density at radius 2 is 1.95 bits per heavy atom. The standard InChI is InChI=1S/C16H27N3O/c1-7-17-14-9-12(8-13(19-14)11(2)3)15(20)18-10-16(4,5)6/h8-9,11H,7,10H2,1-6H3,(H,17,19)(H,18,20). The lowest BCUT2D eigenvalue weighted by Gasteiger charge is -2.19. The van der Waals surface area contributed by atoms with Crippen molar-refractivity contribution in [3.8, 4) is 0 Å². The number of rotatable bonds is 5. The molecule has 0 aliphatic carbocycles. The molecule has 0 aromatic carbocycles. The van der Waals surface area contributed by atoms with E-state index >= 15 is 0 Å². The van der Waals surface area contributed by atoms with E-state index in [4.69, 9.17) is 0 Å². The number of nitrogens with one attached hydrogen (secondary N) is 2. The van der Waals surface area contributed by atoms with Crippen LogP contribution in [0, 0.1) is 5.41 Å². The zero-order valence-electron chi connectivity index (χ0n) is 13.5. The van der Waals surface area contributed by atoms with Crippen molar-refractivity contribution < 1.29 is 4.79 Å². The third kappa shape index (κ3) is 5.19. The number of hydrogen-bond acceptors (Lipinski definition) is 3. The van der Waals surface area contributed by atoms with Crippen molar-refractivity contribution in [2.75, 3.05) is 18.4 Å². The van der Waals surface area contributed by atoms with Crippen molar-refractivity contribution >= 4 is 11.7 Å². The van der Waals surface area contributed by atoms with Crippen LogP contribution in [-0.2, 0) is 0 Å². The second kappa shape index (κ2) is 6.73. The number of nitrogens with zero attached hydrogens (tertiary/aromatic N) is 1. The van der Waals surface area contributed by atoms with Crippen LogP contribution in [0.4, 0.5) is 5.82 Å². The molecule has 0 atom stereocenters. The highest BCUT2D eigenvalue weighted by atomic mass is 16.1. The van der Waals surface area contributed by atoms with Gasteiger partial charge in [0.1, 0.15) is 5.82 Å². The third-order valence-electron chi connectivity index (χ3n) is 2.84. The molecule has 0 saturated heterocycles. The summed E-state index contributed by atoms with van der Waals surface area (Å²) in [5.74, 6) is 1.02. The van der Waals surface area contributed by atoms with Gasteiger partial charge in [0.15, 0.2) is 0 Å². The van der Waals surface area contributed by atoms with Crippen molar-refractivity contribution in [3.05, 3.63) is 23.4 Å². The van der Waals surface area contributed by atoms with Crippen molar-refractivity contribution in [2.24, 2.45) is 5.41 Å². The van der Waals surface area contributed by atoms with Crippen LogP contribution in [0.25, 0.3) is 0 Å². The molecule has 112 valence electrons. The van der Waals surface area contributed by atoms with E-state index in [-0.39, 0.29) is 11.3 Å². The molecule has 1 aromatic rings. The molecule has 4 nitrogen and oxygen atoms in total. The number of carbonyl (C=O) groups is 1. The van der Waals surface area contributed by atoms with Gasteiger partial charge in [-0.2, -0.15) is 0 Å². The summed E-state index contributed by atoms with van der Waals surface area (Å²) < 4.78 is 0. The van der Waals surface area contributed by atoms with Crippen LogP contribution in [0.5, 0.6) is 0 Å². The molecule has 0 aliphatic rings. The fourth-order valence-electron chi connectivity index (χ4n) is 1.70. The molecule has 1 amide bonds. The predicted octanol–water partition coefficient (Wildman–Crippen LogP) is 3.41. The first-order valence-corrected chi connectivity index (χ1v) is 7.27. The van der Waals surface area contributed by atoms with Gasteiger partial charge in [0.05, 0.1) is 0 Å². The second-order valence-corrected chi connectivity index (χ2v) is 6.59. The van der Waals surface area contributed by atoms with Crippen LogP contribution in [0.1, 0.15) is 63.5 Å². The van der Waals surface area contributed by atoms with Gasteiger partial charge >= 0.3 is 0 Å². The molecule has 0 radical (unpaired) electrons. The molecule has 0 bridgehead atoms. The van der Waals surface area contributed by atoms with Gasteiger partial charge in [0.25, 0.3) is 5.91 Å². The van der Waals surface area contributed by atoms with Crippen molar-refractivity contribution in [3.63, 3.8) is 0 Å². The Kier molecular flexibility index (Phi) is 5.54. The molecular weight excluding hydrogens is 250 g/mol. The van der Waals surface area contributed by atoms with Crippen molar-refractivity contribution in [2.45, 2.75) is 47.5 Å². The molecule has 0 unspecified atom stereocenters. The van der Waals surface area contributed by atoms with E-state index < -0.39 is 0 Å². The SMILES string of the molecule is CCNc1cc(C(=O)NCC(C)(C)C)cc(C(C)C)n1. The molecule has 0 saturated carbocycles. The summed E-state index contributed by atoms with van der Waals surface area (Å²) in [6.45, 7) is 13.9. The Bertz CT molecular complexity index is 461. The van der Waals surface area contributed by atoms with Crippen LogP contribution in [0.15, 0.2) is 12.1 Å². The van der Waals surface area contributed by atoms with Crippen LogP contribution in [-0.4, -0.2) is 24.0 Å². The summed E-state index contributed by atoms with van der Waals surface area (Å²) in [7, 11) is 0. The number of pyridine rings is 1. The molecule has 4 heteroatoms. The van der Waals surface area contributed by atoms with Crippen LogP contribution in [0.3, 0.4) is 0 Å². The van der Waals surface area contributed by atoms with Gasteiger partial charge in [-0.15, -0.1) is 0 Å². The molecule has 0 fully saturated rings. The molecular formula is C16H27N3O. The summed E-state index contributed by atoms with van der Waals surface area (Å²) >= 11 is 0. The minimum Gasteiger partial charge on any atom is -0.370 e. The highest BCUT2D eigenvalue weighted by molar-refractivity contribution is 5.95. The average molecular weight is 277 g/mol. The van der Waals surface area contributed by atoms with E-state index in [9.17, 15) is 4.79 Å². The lowest BCUT2D eigenvalue weighted by Crippen LogP contribution is -2.32. The Balaban J connectivity index is 2.95. The molecule has 0 spiro atoms. The third-order valence-corrected chi connectivity index (χ3v) is 2.84. The largest absolute Gasteiger partial charge is 0.370 e. The first kappa shape index (κ1) is 16.5. The second-order valence-electron chi connectivity index (χ2n) is 6.59. The Labute approximate surface area is 122 Å². The van der Waals surface area contributed by atoms with Gasteiger partial charge in [-0.3, -0.25) is 4.79 Å². The van der Waals surface area contributed by atoms with Gasteiger partial charge < -0.3 is 10.6 Å². The number of amides is 1. The average Bonchev–Trinajstić information content (AvgIpc) is 2.35. The van der Waals surface area contributed by atoms with Crippen molar-refractivity contribution in [1.29, 1.82) is 0 Å². The zero-order valence-corrected chi connectivity index (χ0v) is 13.5. The summed E-state index contributed by atoms with van der Waals surface area (Å²) in [6, 6.07) is 3.69. The first-order valence-electron chi connectivity index (χ1n) is 7.27. The fraction of sp³-hybridized carbons (Fsp3) is 0.625. The van der Waals surface area contributed by atoms with E-state index in [0.29, 0.717) is 18.0 Å². The number of aromatic nitrogens is 1. The maximum Gasteiger partial charge on any atom is 0.251 e. The van der Waals surface area contributed by atoms with E-state index in [0.717, 1.165) is 18.1 Å². The molecule has 2 N–H and O–H groups in total. The van der Waals surface area contributed by atoms with Gasteiger partial charge in [0.2, 0.25) is 0 Å². The van der Waals surface area contributed by atoms with Gasteiger partial charge in [-0.25, -0.2) is 4.98 Å². The smallest absolute Gasteiger partial charge is 0.251 e. The highest BCUT2D eigenvalue weighted by Crippen LogP contribution is 2.18. The Morgan fingerprint density at radius 3 is 2.45 bits per heavy atom. The van der Waals surface area contributed by atoms with Gasteiger partial charge in [0, 0.05) is 24.3 Å². The maximum atomic E-state index is 12.3. The first-order chi connectivity index (χ1) is 9.23. The summed E-state index contributed by atoms with van der Waals surface area (Å²) in [4.78, 5) is 16.8. The summed E-state index contributed by atoms with van der Waals surface area (Å²) in [5, 5.41) is 6.16. The molecule has 1 rings (SSSR count). The minimum atomic E-state index is -0.0385. The molecule has 20 heavy (non-hydrogen) atoms. The Morgan fingerprint density at radius 1 is 1.30 bits per heavy atom. The fourth-order valence-corrected chi connectivity index (χ4v) is 1.70. The number of hydrogen-bond donors (Lipinski definition) is 2.